The largest absolute Gasteiger partial charge is 0.370 e. The molecule has 5 nitrogen and oxygen atoms in total. The molecule has 6 heteroatoms. The van der Waals surface area contributed by atoms with Gasteiger partial charge in [-0.25, -0.2) is 9.97 Å². The van der Waals surface area contributed by atoms with Crippen LogP contribution in [0.3, 0.4) is 0 Å². The van der Waals surface area contributed by atoms with Gasteiger partial charge in [0.2, 0.25) is 0 Å². The average Bonchev–Trinajstić information content (AvgIpc) is 3.11. The molecule has 124 valence electrons. The summed E-state index contributed by atoms with van der Waals surface area (Å²) in [5, 5.41) is 6.64. The van der Waals surface area contributed by atoms with Gasteiger partial charge in [0.25, 0.3) is 0 Å². The summed E-state index contributed by atoms with van der Waals surface area (Å²) in [4.78, 5) is 11.3. The van der Waals surface area contributed by atoms with Gasteiger partial charge in [-0.05, 0) is 17.0 Å². The SMILES string of the molecule is c1ccc(C[NH+]2CCOCC2)c(CNc2ncnc3sccc23)c1. The van der Waals surface area contributed by atoms with Crippen molar-refractivity contribution in [1.29, 1.82) is 0 Å². The smallest absolute Gasteiger partial charge is 0.138 e. The summed E-state index contributed by atoms with van der Waals surface area (Å²) in [5.41, 5.74) is 2.73. The van der Waals surface area contributed by atoms with Crippen molar-refractivity contribution in [1.82, 2.24) is 9.97 Å². The van der Waals surface area contributed by atoms with Gasteiger partial charge < -0.3 is 15.0 Å². The number of aromatic nitrogens is 2. The summed E-state index contributed by atoms with van der Waals surface area (Å²) in [6, 6.07) is 10.7. The molecule has 1 saturated heterocycles. The van der Waals surface area contributed by atoms with Gasteiger partial charge in [-0.1, -0.05) is 24.3 Å². The molecule has 1 fully saturated rings. The number of fused-ring (bicyclic) bond motifs is 1. The molecule has 4 rings (SSSR count). The summed E-state index contributed by atoms with van der Waals surface area (Å²) >= 11 is 1.64. The second kappa shape index (κ2) is 7.25. The van der Waals surface area contributed by atoms with Crippen LogP contribution in [0.25, 0.3) is 10.2 Å². The lowest BCUT2D eigenvalue weighted by atomic mass is 10.1. The number of nitrogens with one attached hydrogen (secondary N) is 2. The second-order valence-electron chi connectivity index (χ2n) is 6.02. The zero-order chi connectivity index (χ0) is 16.2. The van der Waals surface area contributed by atoms with Crippen LogP contribution >= 0.6 is 11.3 Å². The molecule has 0 radical (unpaired) electrons. The van der Waals surface area contributed by atoms with Crippen LogP contribution < -0.4 is 10.2 Å². The Morgan fingerprint density at radius 1 is 1.08 bits per heavy atom. The molecule has 0 bridgehead atoms. The highest BCUT2D eigenvalue weighted by Crippen LogP contribution is 2.24. The highest BCUT2D eigenvalue weighted by atomic mass is 32.1. The minimum atomic E-state index is 0.780. The first-order valence-corrected chi connectivity index (χ1v) is 9.18. The van der Waals surface area contributed by atoms with E-state index in [1.165, 1.54) is 11.1 Å². The minimum Gasteiger partial charge on any atom is -0.370 e. The molecule has 24 heavy (non-hydrogen) atoms. The van der Waals surface area contributed by atoms with Crippen LogP contribution in [0.2, 0.25) is 0 Å². The number of quaternary nitrogens is 1. The Balaban J connectivity index is 1.49. The first-order chi connectivity index (χ1) is 11.9. The van der Waals surface area contributed by atoms with Crippen molar-refractivity contribution in [2.75, 3.05) is 31.6 Å². The van der Waals surface area contributed by atoms with Gasteiger partial charge in [-0.3, -0.25) is 0 Å². The number of nitrogens with zero attached hydrogens (tertiary/aromatic N) is 2. The monoisotopic (exact) mass is 341 g/mol. The van der Waals surface area contributed by atoms with Gasteiger partial charge in [-0.15, -0.1) is 11.3 Å². The van der Waals surface area contributed by atoms with Gasteiger partial charge in [0.15, 0.2) is 0 Å². The van der Waals surface area contributed by atoms with E-state index in [-0.39, 0.29) is 0 Å². The summed E-state index contributed by atoms with van der Waals surface area (Å²) in [7, 11) is 0. The second-order valence-corrected chi connectivity index (χ2v) is 6.92. The molecule has 0 spiro atoms. The summed E-state index contributed by atoms with van der Waals surface area (Å²) in [5.74, 6) is 0.912. The van der Waals surface area contributed by atoms with E-state index >= 15 is 0 Å². The Labute approximate surface area is 145 Å². The zero-order valence-electron chi connectivity index (χ0n) is 13.5. The van der Waals surface area contributed by atoms with Crippen molar-refractivity contribution < 1.29 is 9.64 Å². The van der Waals surface area contributed by atoms with Crippen molar-refractivity contribution in [3.8, 4) is 0 Å². The van der Waals surface area contributed by atoms with Crippen molar-refractivity contribution in [2.45, 2.75) is 13.1 Å². The van der Waals surface area contributed by atoms with E-state index in [4.69, 9.17) is 4.74 Å². The Kier molecular flexibility index (Phi) is 4.69. The Bertz CT molecular complexity index is 813. The molecular formula is C18H21N4OS+. The number of hydrogen-bond donors (Lipinski definition) is 2. The number of benzene rings is 1. The number of thiophene rings is 1. The van der Waals surface area contributed by atoms with Crippen LogP contribution in [0.1, 0.15) is 11.1 Å². The van der Waals surface area contributed by atoms with Crippen LogP contribution in [0.5, 0.6) is 0 Å². The molecule has 1 aliphatic rings. The fraction of sp³-hybridized carbons (Fsp3) is 0.333. The van der Waals surface area contributed by atoms with Crippen LogP contribution in [0, 0.1) is 0 Å². The summed E-state index contributed by atoms with van der Waals surface area (Å²) < 4.78 is 5.46. The lowest BCUT2D eigenvalue weighted by Gasteiger charge is -2.24. The number of morpholine rings is 1. The highest BCUT2D eigenvalue weighted by Gasteiger charge is 2.16. The predicted octanol–water partition coefficient (Wildman–Crippen LogP) is 1.72. The fourth-order valence-corrected chi connectivity index (χ4v) is 3.85. The molecule has 2 aromatic heterocycles. The van der Waals surface area contributed by atoms with E-state index in [0.29, 0.717) is 0 Å². The van der Waals surface area contributed by atoms with Crippen molar-refractivity contribution in [3.63, 3.8) is 0 Å². The molecule has 2 N–H and O–H groups in total. The summed E-state index contributed by atoms with van der Waals surface area (Å²) in [6.45, 7) is 5.74. The standard InChI is InChI=1S/C18H20N4OS/c1-2-4-15(12-22-6-8-23-9-7-22)14(3-1)11-19-17-16-5-10-24-18(16)21-13-20-17/h1-5,10,13H,6-9,11-12H2,(H,19,20,21)/p+1. The van der Waals surface area contributed by atoms with E-state index in [1.807, 2.05) is 0 Å². The molecule has 1 aromatic carbocycles. The Morgan fingerprint density at radius 3 is 2.79 bits per heavy atom. The molecule has 0 aliphatic carbocycles. The molecule has 3 heterocycles. The van der Waals surface area contributed by atoms with Crippen LogP contribution in [0.15, 0.2) is 42.0 Å². The lowest BCUT2D eigenvalue weighted by molar-refractivity contribution is -0.921. The number of anilines is 1. The fourth-order valence-electron chi connectivity index (χ4n) is 3.12. The van der Waals surface area contributed by atoms with Crippen molar-refractivity contribution in [3.05, 3.63) is 53.2 Å². The Hall–Kier alpha value is -2.02. The molecule has 1 aliphatic heterocycles. The quantitative estimate of drug-likeness (QED) is 0.742. The third-order valence-corrected chi connectivity index (χ3v) is 5.29. The molecule has 0 unspecified atom stereocenters. The molecule has 0 saturated carbocycles. The number of rotatable bonds is 5. The van der Waals surface area contributed by atoms with E-state index in [0.717, 1.165) is 55.4 Å². The molecule has 3 aromatic rings. The van der Waals surface area contributed by atoms with E-state index in [2.05, 4.69) is 51.0 Å². The minimum absolute atomic E-state index is 0.780. The zero-order valence-corrected chi connectivity index (χ0v) is 14.3. The van der Waals surface area contributed by atoms with E-state index < -0.39 is 0 Å². The normalized spacial score (nSPS) is 15.7. The number of hydrogen-bond acceptors (Lipinski definition) is 5. The van der Waals surface area contributed by atoms with Gasteiger partial charge in [0.05, 0.1) is 18.6 Å². The van der Waals surface area contributed by atoms with Crippen molar-refractivity contribution in [2.24, 2.45) is 0 Å². The van der Waals surface area contributed by atoms with Crippen molar-refractivity contribution >= 4 is 27.4 Å². The lowest BCUT2D eigenvalue weighted by Crippen LogP contribution is -3.12. The van der Waals surface area contributed by atoms with E-state index in [1.54, 1.807) is 22.6 Å². The maximum Gasteiger partial charge on any atom is 0.138 e. The third-order valence-electron chi connectivity index (χ3n) is 4.47. The van der Waals surface area contributed by atoms with Crippen LogP contribution in [-0.4, -0.2) is 36.3 Å². The first-order valence-electron chi connectivity index (χ1n) is 8.30. The maximum atomic E-state index is 5.46. The summed E-state index contributed by atoms with van der Waals surface area (Å²) in [6.07, 6.45) is 1.63. The average molecular weight is 341 g/mol. The van der Waals surface area contributed by atoms with E-state index in [9.17, 15) is 0 Å². The highest BCUT2D eigenvalue weighted by molar-refractivity contribution is 7.16. The van der Waals surface area contributed by atoms with Gasteiger partial charge in [0, 0.05) is 12.1 Å². The molecular weight excluding hydrogens is 320 g/mol. The van der Waals surface area contributed by atoms with Gasteiger partial charge >= 0.3 is 0 Å². The van der Waals surface area contributed by atoms with Crippen LogP contribution in [-0.2, 0) is 17.8 Å². The number of ether oxygens (including phenoxy) is 1. The van der Waals surface area contributed by atoms with Gasteiger partial charge in [-0.2, -0.15) is 0 Å². The third kappa shape index (κ3) is 3.40. The topological polar surface area (TPSA) is 51.5 Å². The molecule has 0 atom stereocenters. The molecule has 0 amide bonds. The first kappa shape index (κ1) is 15.5. The maximum absolute atomic E-state index is 5.46. The van der Waals surface area contributed by atoms with Crippen LogP contribution in [0.4, 0.5) is 5.82 Å². The predicted molar refractivity (Wildman–Crippen MR) is 96.4 cm³/mol. The van der Waals surface area contributed by atoms with Gasteiger partial charge in [0.1, 0.15) is 36.6 Å². The Morgan fingerprint density at radius 2 is 1.92 bits per heavy atom.